The molecule has 1 aromatic heterocycles. The van der Waals surface area contributed by atoms with Crippen molar-refractivity contribution in [2.75, 3.05) is 11.4 Å². The van der Waals surface area contributed by atoms with Crippen LogP contribution in [0.4, 0.5) is 11.4 Å². The highest BCUT2D eigenvalue weighted by Crippen LogP contribution is 2.28. The summed E-state index contributed by atoms with van der Waals surface area (Å²) in [7, 11) is 0. The maximum absolute atomic E-state index is 6.01. The topological polar surface area (TPSA) is 42.1 Å². The Morgan fingerprint density at radius 1 is 1.15 bits per heavy atom. The SMILES string of the molecule is CC[C@@H](N)c1ccc(N(CC)c2ccccc2C)cn1. The summed E-state index contributed by atoms with van der Waals surface area (Å²) >= 11 is 0. The molecule has 0 unspecified atom stereocenters. The molecule has 0 saturated heterocycles. The Labute approximate surface area is 121 Å². The number of aromatic nitrogens is 1. The molecule has 0 saturated carbocycles. The second-order valence-corrected chi connectivity index (χ2v) is 4.99. The van der Waals surface area contributed by atoms with E-state index >= 15 is 0 Å². The zero-order valence-corrected chi connectivity index (χ0v) is 12.5. The Bertz CT molecular complexity index is 548. The number of aryl methyl sites for hydroxylation is 1. The number of hydrogen-bond donors (Lipinski definition) is 1. The van der Waals surface area contributed by atoms with Gasteiger partial charge in [-0.2, -0.15) is 0 Å². The minimum atomic E-state index is 0.0255. The van der Waals surface area contributed by atoms with Gasteiger partial charge in [0, 0.05) is 18.3 Å². The van der Waals surface area contributed by atoms with E-state index in [-0.39, 0.29) is 6.04 Å². The summed E-state index contributed by atoms with van der Waals surface area (Å²) in [6.45, 7) is 7.27. The fraction of sp³-hybridized carbons (Fsp3) is 0.353. The molecule has 0 radical (unpaired) electrons. The Balaban J connectivity index is 2.31. The fourth-order valence-electron chi connectivity index (χ4n) is 2.34. The predicted octanol–water partition coefficient (Wildman–Crippen LogP) is 3.96. The lowest BCUT2D eigenvalue weighted by atomic mass is 10.1. The molecule has 0 aliphatic rings. The van der Waals surface area contributed by atoms with E-state index in [0.29, 0.717) is 0 Å². The van der Waals surface area contributed by atoms with Gasteiger partial charge < -0.3 is 10.6 Å². The molecular weight excluding hydrogens is 246 g/mol. The van der Waals surface area contributed by atoms with Gasteiger partial charge in [-0.1, -0.05) is 25.1 Å². The van der Waals surface area contributed by atoms with Gasteiger partial charge in [0.15, 0.2) is 0 Å². The Kier molecular flexibility index (Phi) is 4.74. The first kappa shape index (κ1) is 14.5. The van der Waals surface area contributed by atoms with Crippen molar-refractivity contribution in [3.8, 4) is 0 Å². The average Bonchev–Trinajstić information content (AvgIpc) is 2.50. The summed E-state index contributed by atoms with van der Waals surface area (Å²) in [5, 5.41) is 0. The van der Waals surface area contributed by atoms with Crippen molar-refractivity contribution in [2.45, 2.75) is 33.2 Å². The van der Waals surface area contributed by atoms with Crippen molar-refractivity contribution in [2.24, 2.45) is 5.73 Å². The number of pyridine rings is 1. The minimum absolute atomic E-state index is 0.0255. The number of rotatable bonds is 5. The summed E-state index contributed by atoms with van der Waals surface area (Å²) in [5.74, 6) is 0. The van der Waals surface area contributed by atoms with Crippen molar-refractivity contribution in [1.29, 1.82) is 0 Å². The van der Waals surface area contributed by atoms with Crippen LogP contribution in [0.3, 0.4) is 0 Å². The van der Waals surface area contributed by atoms with Crippen LogP contribution in [0, 0.1) is 6.92 Å². The average molecular weight is 269 g/mol. The maximum Gasteiger partial charge on any atom is 0.0597 e. The molecule has 0 aliphatic heterocycles. The molecule has 2 rings (SSSR count). The van der Waals surface area contributed by atoms with Crippen LogP contribution in [-0.2, 0) is 0 Å². The van der Waals surface area contributed by atoms with Crippen molar-refractivity contribution in [3.05, 3.63) is 53.9 Å². The van der Waals surface area contributed by atoms with E-state index in [1.165, 1.54) is 11.3 Å². The lowest BCUT2D eigenvalue weighted by Gasteiger charge is -2.25. The van der Waals surface area contributed by atoms with Gasteiger partial charge in [0.25, 0.3) is 0 Å². The van der Waals surface area contributed by atoms with Crippen LogP contribution >= 0.6 is 0 Å². The summed E-state index contributed by atoms with van der Waals surface area (Å²) in [6, 6.07) is 12.6. The second kappa shape index (κ2) is 6.53. The number of para-hydroxylation sites is 1. The van der Waals surface area contributed by atoms with Gasteiger partial charge in [0.05, 0.1) is 17.6 Å². The highest BCUT2D eigenvalue weighted by molar-refractivity contribution is 5.65. The summed E-state index contributed by atoms with van der Waals surface area (Å²) in [6.07, 6.45) is 2.82. The summed E-state index contributed by atoms with van der Waals surface area (Å²) in [5.41, 5.74) is 10.6. The molecule has 0 bridgehead atoms. The molecule has 1 atom stereocenters. The van der Waals surface area contributed by atoms with Crippen LogP contribution in [0.1, 0.15) is 37.6 Å². The third-order valence-corrected chi connectivity index (χ3v) is 3.62. The molecule has 1 aromatic carbocycles. The zero-order valence-electron chi connectivity index (χ0n) is 12.5. The zero-order chi connectivity index (χ0) is 14.5. The van der Waals surface area contributed by atoms with Crippen molar-refractivity contribution in [3.63, 3.8) is 0 Å². The maximum atomic E-state index is 6.01. The molecule has 3 heteroatoms. The smallest absolute Gasteiger partial charge is 0.0597 e. The monoisotopic (exact) mass is 269 g/mol. The molecule has 3 nitrogen and oxygen atoms in total. The van der Waals surface area contributed by atoms with Crippen molar-refractivity contribution >= 4 is 11.4 Å². The lowest BCUT2D eigenvalue weighted by Crippen LogP contribution is -2.18. The van der Waals surface area contributed by atoms with Gasteiger partial charge in [-0.05, 0) is 44.0 Å². The fourth-order valence-corrected chi connectivity index (χ4v) is 2.34. The first-order valence-electron chi connectivity index (χ1n) is 7.22. The molecule has 0 fully saturated rings. The molecule has 0 spiro atoms. The van der Waals surface area contributed by atoms with E-state index in [1.807, 2.05) is 12.3 Å². The highest BCUT2D eigenvalue weighted by atomic mass is 15.1. The first-order valence-corrected chi connectivity index (χ1v) is 7.22. The highest BCUT2D eigenvalue weighted by Gasteiger charge is 2.11. The van der Waals surface area contributed by atoms with E-state index in [4.69, 9.17) is 5.73 Å². The van der Waals surface area contributed by atoms with Crippen LogP contribution in [0.25, 0.3) is 0 Å². The van der Waals surface area contributed by atoms with E-state index < -0.39 is 0 Å². The third kappa shape index (κ3) is 2.99. The van der Waals surface area contributed by atoms with Crippen LogP contribution in [0.5, 0.6) is 0 Å². The molecule has 20 heavy (non-hydrogen) atoms. The number of nitrogens with two attached hydrogens (primary N) is 1. The van der Waals surface area contributed by atoms with Gasteiger partial charge in [-0.25, -0.2) is 0 Å². The number of anilines is 2. The molecule has 0 aliphatic carbocycles. The van der Waals surface area contributed by atoms with Gasteiger partial charge in [-0.3, -0.25) is 4.98 Å². The van der Waals surface area contributed by atoms with Crippen LogP contribution < -0.4 is 10.6 Å². The van der Waals surface area contributed by atoms with Crippen LogP contribution in [-0.4, -0.2) is 11.5 Å². The van der Waals surface area contributed by atoms with Gasteiger partial charge in [-0.15, -0.1) is 0 Å². The first-order chi connectivity index (χ1) is 9.67. The quantitative estimate of drug-likeness (QED) is 0.893. The molecular formula is C17H23N3. The van der Waals surface area contributed by atoms with E-state index in [2.05, 4.69) is 61.0 Å². The van der Waals surface area contributed by atoms with Gasteiger partial charge >= 0.3 is 0 Å². The molecule has 0 amide bonds. The third-order valence-electron chi connectivity index (χ3n) is 3.62. The summed E-state index contributed by atoms with van der Waals surface area (Å²) < 4.78 is 0. The van der Waals surface area contributed by atoms with Crippen LogP contribution in [0.2, 0.25) is 0 Å². The van der Waals surface area contributed by atoms with E-state index in [9.17, 15) is 0 Å². The van der Waals surface area contributed by atoms with E-state index in [0.717, 1.165) is 24.3 Å². The largest absolute Gasteiger partial charge is 0.340 e. The molecule has 2 N–H and O–H groups in total. The van der Waals surface area contributed by atoms with E-state index in [1.54, 1.807) is 0 Å². The minimum Gasteiger partial charge on any atom is -0.340 e. The van der Waals surface area contributed by atoms with Gasteiger partial charge in [0.1, 0.15) is 0 Å². The lowest BCUT2D eigenvalue weighted by molar-refractivity contribution is 0.675. The molecule has 106 valence electrons. The van der Waals surface area contributed by atoms with Crippen molar-refractivity contribution in [1.82, 2.24) is 4.98 Å². The Morgan fingerprint density at radius 3 is 2.45 bits per heavy atom. The van der Waals surface area contributed by atoms with Gasteiger partial charge in [0.2, 0.25) is 0 Å². The van der Waals surface area contributed by atoms with Crippen LogP contribution in [0.15, 0.2) is 42.6 Å². The second-order valence-electron chi connectivity index (χ2n) is 4.99. The normalized spacial score (nSPS) is 12.2. The number of benzene rings is 1. The van der Waals surface area contributed by atoms with Crippen molar-refractivity contribution < 1.29 is 0 Å². The number of nitrogens with zero attached hydrogens (tertiary/aromatic N) is 2. The number of hydrogen-bond acceptors (Lipinski definition) is 3. The molecule has 2 aromatic rings. The Morgan fingerprint density at radius 2 is 1.90 bits per heavy atom. The Hall–Kier alpha value is -1.87. The standard InChI is InChI=1S/C17H23N3/c1-4-15(18)16-11-10-14(12-19-16)20(5-2)17-9-7-6-8-13(17)3/h6-12,15H,4-5,18H2,1-3H3/t15-/m1/s1. The predicted molar refractivity (Wildman–Crippen MR) is 85.3 cm³/mol. The summed E-state index contributed by atoms with van der Waals surface area (Å²) in [4.78, 5) is 6.77. The molecule has 1 heterocycles.